The highest BCUT2D eigenvalue weighted by Crippen LogP contribution is 2.19. The van der Waals surface area contributed by atoms with Gasteiger partial charge in [-0.2, -0.15) is 4.98 Å². The van der Waals surface area contributed by atoms with Crippen LogP contribution in [0.4, 0.5) is 0 Å². The summed E-state index contributed by atoms with van der Waals surface area (Å²) in [5, 5.41) is 6.56. The third-order valence-corrected chi connectivity index (χ3v) is 4.31. The first-order chi connectivity index (χ1) is 12.1. The average Bonchev–Trinajstić information content (AvgIpc) is 3.09. The molecule has 132 valence electrons. The highest BCUT2D eigenvalue weighted by atomic mass is 16.5. The molecule has 1 fully saturated rings. The van der Waals surface area contributed by atoms with Crippen LogP contribution in [0.3, 0.4) is 0 Å². The number of hydrogen-bond acceptors (Lipinski definition) is 5. The Bertz CT molecular complexity index is 750. The second-order valence-corrected chi connectivity index (χ2v) is 6.22. The van der Waals surface area contributed by atoms with Crippen LogP contribution in [0.5, 0.6) is 0 Å². The third-order valence-electron chi connectivity index (χ3n) is 4.31. The molecule has 0 atom stereocenters. The first-order valence-corrected chi connectivity index (χ1v) is 8.56. The van der Waals surface area contributed by atoms with Crippen molar-refractivity contribution < 1.29 is 14.1 Å². The molecule has 2 heterocycles. The van der Waals surface area contributed by atoms with E-state index in [-0.39, 0.29) is 30.7 Å². The second kappa shape index (κ2) is 7.92. The Balaban J connectivity index is 1.52. The number of rotatable bonds is 5. The second-order valence-electron chi connectivity index (χ2n) is 6.22. The SMILES string of the molecule is Cc1ccccc1-c1noc(CC(=O)NCC(=O)N2CCCCC2)n1. The lowest BCUT2D eigenvalue weighted by Crippen LogP contribution is -2.42. The highest BCUT2D eigenvalue weighted by Gasteiger charge is 2.18. The van der Waals surface area contributed by atoms with E-state index in [9.17, 15) is 9.59 Å². The summed E-state index contributed by atoms with van der Waals surface area (Å²) < 4.78 is 5.15. The zero-order valence-electron chi connectivity index (χ0n) is 14.3. The maximum absolute atomic E-state index is 12.0. The van der Waals surface area contributed by atoms with Gasteiger partial charge in [0.05, 0.1) is 6.54 Å². The minimum absolute atomic E-state index is 0.0115. The molecule has 1 N–H and O–H groups in total. The normalized spacial score (nSPS) is 14.4. The number of hydrogen-bond donors (Lipinski definition) is 1. The van der Waals surface area contributed by atoms with Crippen molar-refractivity contribution in [3.8, 4) is 11.4 Å². The van der Waals surface area contributed by atoms with Crippen LogP contribution < -0.4 is 5.32 Å². The summed E-state index contributed by atoms with van der Waals surface area (Å²) in [7, 11) is 0. The number of aryl methyl sites for hydroxylation is 1. The number of nitrogens with zero attached hydrogens (tertiary/aromatic N) is 3. The van der Waals surface area contributed by atoms with Gasteiger partial charge in [0.15, 0.2) is 0 Å². The molecule has 1 aromatic heterocycles. The fourth-order valence-corrected chi connectivity index (χ4v) is 2.89. The lowest BCUT2D eigenvalue weighted by atomic mass is 10.1. The molecule has 0 spiro atoms. The van der Waals surface area contributed by atoms with Gasteiger partial charge in [-0.25, -0.2) is 0 Å². The Labute approximate surface area is 146 Å². The van der Waals surface area contributed by atoms with Crippen molar-refractivity contribution >= 4 is 11.8 Å². The Morgan fingerprint density at radius 3 is 2.72 bits per heavy atom. The van der Waals surface area contributed by atoms with Gasteiger partial charge in [0.1, 0.15) is 6.42 Å². The Hall–Kier alpha value is -2.70. The quantitative estimate of drug-likeness (QED) is 0.894. The highest BCUT2D eigenvalue weighted by molar-refractivity contribution is 5.85. The zero-order chi connectivity index (χ0) is 17.6. The van der Waals surface area contributed by atoms with E-state index in [1.54, 1.807) is 4.90 Å². The van der Waals surface area contributed by atoms with Crippen molar-refractivity contribution in [2.24, 2.45) is 0 Å². The first kappa shape index (κ1) is 17.1. The molecule has 2 aromatic rings. The maximum Gasteiger partial charge on any atom is 0.241 e. The molecule has 0 radical (unpaired) electrons. The Morgan fingerprint density at radius 2 is 1.96 bits per heavy atom. The predicted molar refractivity (Wildman–Crippen MR) is 91.6 cm³/mol. The number of benzene rings is 1. The van der Waals surface area contributed by atoms with Crippen LogP contribution in [0, 0.1) is 6.92 Å². The van der Waals surface area contributed by atoms with E-state index in [4.69, 9.17) is 4.52 Å². The third kappa shape index (κ3) is 4.43. The maximum atomic E-state index is 12.0. The van der Waals surface area contributed by atoms with Crippen LogP contribution in [0.15, 0.2) is 28.8 Å². The number of likely N-dealkylation sites (tertiary alicyclic amines) is 1. The predicted octanol–water partition coefficient (Wildman–Crippen LogP) is 1.72. The average molecular weight is 342 g/mol. The van der Waals surface area contributed by atoms with Gasteiger partial charge < -0.3 is 14.7 Å². The van der Waals surface area contributed by atoms with Crippen molar-refractivity contribution in [2.75, 3.05) is 19.6 Å². The molecule has 1 aliphatic rings. The largest absolute Gasteiger partial charge is 0.347 e. The van der Waals surface area contributed by atoms with Gasteiger partial charge in [0, 0.05) is 18.7 Å². The van der Waals surface area contributed by atoms with E-state index < -0.39 is 0 Å². The fraction of sp³-hybridized carbons (Fsp3) is 0.444. The van der Waals surface area contributed by atoms with E-state index in [1.165, 1.54) is 0 Å². The lowest BCUT2D eigenvalue weighted by Gasteiger charge is -2.26. The van der Waals surface area contributed by atoms with Crippen molar-refractivity contribution in [2.45, 2.75) is 32.6 Å². The monoisotopic (exact) mass is 342 g/mol. The molecule has 1 aromatic carbocycles. The molecule has 1 saturated heterocycles. The number of piperidine rings is 1. The van der Waals surface area contributed by atoms with E-state index >= 15 is 0 Å². The number of aromatic nitrogens is 2. The zero-order valence-corrected chi connectivity index (χ0v) is 14.3. The van der Waals surface area contributed by atoms with E-state index in [2.05, 4.69) is 15.5 Å². The molecule has 7 nitrogen and oxygen atoms in total. The topological polar surface area (TPSA) is 88.3 Å². The van der Waals surface area contributed by atoms with Crippen LogP contribution in [-0.4, -0.2) is 46.5 Å². The van der Waals surface area contributed by atoms with Crippen LogP contribution in [-0.2, 0) is 16.0 Å². The summed E-state index contributed by atoms with van der Waals surface area (Å²) in [4.78, 5) is 30.1. The molecule has 25 heavy (non-hydrogen) atoms. The Kier molecular flexibility index (Phi) is 5.42. The molecule has 0 bridgehead atoms. The summed E-state index contributed by atoms with van der Waals surface area (Å²) in [5.74, 6) is 0.357. The molecule has 7 heteroatoms. The number of amides is 2. The molecule has 1 aliphatic heterocycles. The van der Waals surface area contributed by atoms with Crippen LogP contribution in [0.25, 0.3) is 11.4 Å². The first-order valence-electron chi connectivity index (χ1n) is 8.56. The van der Waals surface area contributed by atoms with Gasteiger partial charge in [-0.3, -0.25) is 9.59 Å². The van der Waals surface area contributed by atoms with E-state index in [1.807, 2.05) is 31.2 Å². The molecule has 2 amide bonds. The van der Waals surface area contributed by atoms with Crippen molar-refractivity contribution in [1.82, 2.24) is 20.4 Å². The summed E-state index contributed by atoms with van der Waals surface area (Å²) in [6, 6.07) is 7.70. The van der Waals surface area contributed by atoms with Gasteiger partial charge in [-0.15, -0.1) is 0 Å². The van der Waals surface area contributed by atoms with Crippen LogP contribution >= 0.6 is 0 Å². The summed E-state index contributed by atoms with van der Waals surface area (Å²) in [6.07, 6.45) is 3.19. The minimum Gasteiger partial charge on any atom is -0.347 e. The molecule has 0 aliphatic carbocycles. The standard InChI is InChI=1S/C18H22N4O3/c1-13-7-3-4-8-14(13)18-20-16(25-21-18)11-15(23)19-12-17(24)22-9-5-2-6-10-22/h3-4,7-8H,2,5-6,9-12H2,1H3,(H,19,23). The number of carbonyl (C=O) groups excluding carboxylic acids is 2. The summed E-state index contributed by atoms with van der Waals surface area (Å²) in [6.45, 7) is 3.53. The van der Waals surface area contributed by atoms with Gasteiger partial charge in [0.2, 0.25) is 23.5 Å². The van der Waals surface area contributed by atoms with Crippen molar-refractivity contribution in [3.63, 3.8) is 0 Å². The van der Waals surface area contributed by atoms with Crippen LogP contribution in [0.2, 0.25) is 0 Å². The number of nitrogens with one attached hydrogen (secondary N) is 1. The molecular weight excluding hydrogens is 320 g/mol. The molecular formula is C18H22N4O3. The van der Waals surface area contributed by atoms with Crippen molar-refractivity contribution in [1.29, 1.82) is 0 Å². The summed E-state index contributed by atoms with van der Waals surface area (Å²) in [5.41, 5.74) is 1.91. The molecule has 3 rings (SSSR count). The fourth-order valence-electron chi connectivity index (χ4n) is 2.89. The van der Waals surface area contributed by atoms with Gasteiger partial charge >= 0.3 is 0 Å². The van der Waals surface area contributed by atoms with Gasteiger partial charge in [0.25, 0.3) is 0 Å². The lowest BCUT2D eigenvalue weighted by molar-refractivity contribution is -0.133. The van der Waals surface area contributed by atoms with Crippen LogP contribution in [0.1, 0.15) is 30.7 Å². The number of carbonyl (C=O) groups is 2. The Morgan fingerprint density at radius 1 is 1.20 bits per heavy atom. The molecule has 0 unspecified atom stereocenters. The van der Waals surface area contributed by atoms with Crippen molar-refractivity contribution in [3.05, 3.63) is 35.7 Å². The summed E-state index contributed by atoms with van der Waals surface area (Å²) >= 11 is 0. The molecule has 0 saturated carbocycles. The van der Waals surface area contributed by atoms with Gasteiger partial charge in [-0.1, -0.05) is 29.4 Å². The smallest absolute Gasteiger partial charge is 0.241 e. The van der Waals surface area contributed by atoms with E-state index in [0.29, 0.717) is 5.82 Å². The van der Waals surface area contributed by atoms with Gasteiger partial charge in [-0.05, 0) is 31.7 Å². The minimum atomic E-state index is -0.301. The van der Waals surface area contributed by atoms with E-state index in [0.717, 1.165) is 43.5 Å².